The van der Waals surface area contributed by atoms with E-state index in [1.165, 1.54) is 0 Å². The predicted octanol–water partition coefficient (Wildman–Crippen LogP) is 2.91. The highest BCUT2D eigenvalue weighted by Gasteiger charge is 2.12. The van der Waals surface area contributed by atoms with Crippen molar-refractivity contribution in [3.05, 3.63) is 63.3 Å². The minimum Gasteiger partial charge on any atom is -0.497 e. The number of H-pyrrole nitrogens is 1. The summed E-state index contributed by atoms with van der Waals surface area (Å²) in [6, 6.07) is 9.61. The van der Waals surface area contributed by atoms with E-state index in [-0.39, 0.29) is 5.69 Å². The van der Waals surface area contributed by atoms with Crippen LogP contribution >= 0.6 is 11.3 Å². The molecule has 0 saturated carbocycles. The van der Waals surface area contributed by atoms with E-state index >= 15 is 0 Å². The molecule has 6 nitrogen and oxygen atoms in total. The van der Waals surface area contributed by atoms with Gasteiger partial charge >= 0.3 is 5.69 Å². The number of fused-ring (bicyclic) bond motifs is 1. The molecule has 0 atom stereocenters. The Morgan fingerprint density at radius 3 is 3.04 bits per heavy atom. The van der Waals surface area contributed by atoms with Gasteiger partial charge in [-0.25, -0.2) is 14.8 Å². The van der Waals surface area contributed by atoms with Crippen LogP contribution in [0, 0.1) is 0 Å². The van der Waals surface area contributed by atoms with Crippen LogP contribution in [0.15, 0.2) is 52.1 Å². The first kappa shape index (κ1) is 14.6. The molecule has 0 aliphatic carbocycles. The minimum absolute atomic E-state index is 0.227. The Kier molecular flexibility index (Phi) is 3.62. The first-order valence-electron chi connectivity index (χ1n) is 7.35. The Hall–Kier alpha value is -2.93. The molecule has 3 heterocycles. The van der Waals surface area contributed by atoms with Gasteiger partial charge < -0.3 is 4.74 Å². The maximum absolute atomic E-state index is 12.3. The number of hydrogen-bond acceptors (Lipinski definition) is 5. The average Bonchev–Trinajstić information content (AvgIpc) is 3.24. The second kappa shape index (κ2) is 5.93. The van der Waals surface area contributed by atoms with Gasteiger partial charge in [-0.3, -0.25) is 9.55 Å². The van der Waals surface area contributed by atoms with Gasteiger partial charge in [-0.15, -0.1) is 0 Å². The standard InChI is InChI=1S/C17H14N4O2S/c1-23-13-4-2-3-11(7-13)9-21-16-15(20-17(21)22)18-8-14(19-16)12-5-6-24-10-12/h2-8,10H,9H2,1H3,(H,18,20,22). The zero-order valence-corrected chi connectivity index (χ0v) is 13.7. The molecule has 7 heteroatoms. The molecule has 0 fully saturated rings. The van der Waals surface area contributed by atoms with Crippen LogP contribution in [0.3, 0.4) is 0 Å². The second-order valence-electron chi connectivity index (χ2n) is 5.31. The molecule has 1 N–H and O–H groups in total. The molecule has 4 aromatic rings. The van der Waals surface area contributed by atoms with E-state index in [0.717, 1.165) is 22.6 Å². The Morgan fingerprint density at radius 2 is 2.25 bits per heavy atom. The fraction of sp³-hybridized carbons (Fsp3) is 0.118. The predicted molar refractivity (Wildman–Crippen MR) is 93.6 cm³/mol. The molecular formula is C17H14N4O2S. The quantitative estimate of drug-likeness (QED) is 0.621. The molecule has 0 aliphatic heterocycles. The summed E-state index contributed by atoms with van der Waals surface area (Å²) in [4.78, 5) is 24.0. The Balaban J connectivity index is 1.80. The third kappa shape index (κ3) is 2.59. The summed E-state index contributed by atoms with van der Waals surface area (Å²) in [6.07, 6.45) is 1.68. The van der Waals surface area contributed by atoms with Crippen molar-refractivity contribution in [2.75, 3.05) is 7.11 Å². The van der Waals surface area contributed by atoms with E-state index in [2.05, 4.69) is 15.0 Å². The van der Waals surface area contributed by atoms with Gasteiger partial charge in [-0.1, -0.05) is 12.1 Å². The van der Waals surface area contributed by atoms with Crippen molar-refractivity contribution in [3.63, 3.8) is 0 Å². The number of hydrogen-bond donors (Lipinski definition) is 1. The lowest BCUT2D eigenvalue weighted by Crippen LogP contribution is -2.17. The number of methoxy groups -OCH3 is 1. The van der Waals surface area contributed by atoms with E-state index in [0.29, 0.717) is 17.8 Å². The number of rotatable bonds is 4. The largest absolute Gasteiger partial charge is 0.497 e. The van der Waals surface area contributed by atoms with Crippen molar-refractivity contribution in [1.82, 2.24) is 19.5 Å². The van der Waals surface area contributed by atoms with Crippen LogP contribution in [0.25, 0.3) is 22.6 Å². The lowest BCUT2D eigenvalue weighted by molar-refractivity contribution is 0.414. The summed E-state index contributed by atoms with van der Waals surface area (Å²) in [7, 11) is 1.62. The normalized spacial score (nSPS) is 11.0. The summed E-state index contributed by atoms with van der Waals surface area (Å²) in [6.45, 7) is 0.401. The van der Waals surface area contributed by atoms with E-state index < -0.39 is 0 Å². The number of nitrogens with zero attached hydrogens (tertiary/aromatic N) is 3. The second-order valence-corrected chi connectivity index (χ2v) is 6.09. The number of aromatic nitrogens is 4. The number of imidazole rings is 1. The topological polar surface area (TPSA) is 72.8 Å². The molecule has 0 saturated heterocycles. The molecule has 0 aliphatic rings. The van der Waals surface area contributed by atoms with Gasteiger partial charge in [0.05, 0.1) is 25.5 Å². The Bertz CT molecular complexity index is 1050. The third-order valence-electron chi connectivity index (χ3n) is 3.77. The van der Waals surface area contributed by atoms with Crippen LogP contribution < -0.4 is 10.4 Å². The van der Waals surface area contributed by atoms with Crippen LogP contribution in [0.5, 0.6) is 5.75 Å². The minimum atomic E-state index is -0.227. The van der Waals surface area contributed by atoms with Crippen molar-refractivity contribution in [2.45, 2.75) is 6.54 Å². The first-order chi connectivity index (χ1) is 11.7. The molecule has 0 spiro atoms. The zero-order chi connectivity index (χ0) is 16.5. The zero-order valence-electron chi connectivity index (χ0n) is 12.9. The highest BCUT2D eigenvalue weighted by atomic mass is 32.1. The number of thiophene rings is 1. The van der Waals surface area contributed by atoms with Crippen LogP contribution in [0.4, 0.5) is 0 Å². The average molecular weight is 338 g/mol. The van der Waals surface area contributed by atoms with Crippen LogP contribution in [-0.4, -0.2) is 26.6 Å². The van der Waals surface area contributed by atoms with E-state index in [1.54, 1.807) is 29.2 Å². The number of ether oxygens (including phenoxy) is 1. The Labute approximate surface area is 141 Å². The van der Waals surface area contributed by atoms with Crippen LogP contribution in [0.2, 0.25) is 0 Å². The van der Waals surface area contributed by atoms with Gasteiger partial charge in [0, 0.05) is 10.9 Å². The third-order valence-corrected chi connectivity index (χ3v) is 4.46. The molecule has 1 aromatic carbocycles. The SMILES string of the molecule is COc1cccc(Cn2c(=O)[nH]c3ncc(-c4ccsc4)nc32)c1. The molecule has 0 unspecified atom stereocenters. The van der Waals surface area contributed by atoms with Crippen LogP contribution in [-0.2, 0) is 6.54 Å². The number of aromatic amines is 1. The van der Waals surface area contributed by atoms with Crippen LogP contribution in [0.1, 0.15) is 5.56 Å². The first-order valence-corrected chi connectivity index (χ1v) is 8.30. The van der Waals surface area contributed by atoms with Gasteiger partial charge in [0.15, 0.2) is 11.3 Å². The van der Waals surface area contributed by atoms with Crippen molar-refractivity contribution >= 4 is 22.6 Å². The number of benzene rings is 1. The number of nitrogens with one attached hydrogen (secondary N) is 1. The summed E-state index contributed by atoms with van der Waals surface area (Å²) in [5, 5.41) is 3.99. The summed E-state index contributed by atoms with van der Waals surface area (Å²) in [5.74, 6) is 0.755. The summed E-state index contributed by atoms with van der Waals surface area (Å²) >= 11 is 1.60. The van der Waals surface area contributed by atoms with Gasteiger partial charge in [0.2, 0.25) is 0 Å². The van der Waals surface area contributed by atoms with Crippen molar-refractivity contribution < 1.29 is 4.74 Å². The molecule has 0 amide bonds. The van der Waals surface area contributed by atoms with E-state index in [9.17, 15) is 4.79 Å². The molecular weight excluding hydrogens is 324 g/mol. The summed E-state index contributed by atoms with van der Waals surface area (Å²) < 4.78 is 6.83. The molecule has 0 radical (unpaired) electrons. The van der Waals surface area contributed by atoms with Crippen molar-refractivity contribution in [1.29, 1.82) is 0 Å². The maximum atomic E-state index is 12.3. The summed E-state index contributed by atoms with van der Waals surface area (Å²) in [5.41, 5.74) is 3.52. The smallest absolute Gasteiger partial charge is 0.329 e. The molecule has 0 bridgehead atoms. The molecule has 4 rings (SSSR count). The molecule has 3 aromatic heterocycles. The van der Waals surface area contributed by atoms with Gasteiger partial charge in [-0.05, 0) is 29.1 Å². The van der Waals surface area contributed by atoms with E-state index in [4.69, 9.17) is 4.74 Å². The Morgan fingerprint density at radius 1 is 1.33 bits per heavy atom. The fourth-order valence-electron chi connectivity index (χ4n) is 2.57. The van der Waals surface area contributed by atoms with Gasteiger partial charge in [0.1, 0.15) is 5.75 Å². The molecule has 120 valence electrons. The lowest BCUT2D eigenvalue weighted by atomic mass is 10.2. The monoisotopic (exact) mass is 338 g/mol. The van der Waals surface area contributed by atoms with E-state index in [1.807, 2.05) is 41.1 Å². The maximum Gasteiger partial charge on any atom is 0.329 e. The highest BCUT2D eigenvalue weighted by molar-refractivity contribution is 7.08. The fourth-order valence-corrected chi connectivity index (χ4v) is 3.22. The van der Waals surface area contributed by atoms with Crippen molar-refractivity contribution in [3.8, 4) is 17.0 Å². The van der Waals surface area contributed by atoms with Gasteiger partial charge in [-0.2, -0.15) is 11.3 Å². The van der Waals surface area contributed by atoms with Gasteiger partial charge in [0.25, 0.3) is 0 Å². The van der Waals surface area contributed by atoms with Crippen molar-refractivity contribution in [2.24, 2.45) is 0 Å². The lowest BCUT2D eigenvalue weighted by Gasteiger charge is -2.06. The molecule has 24 heavy (non-hydrogen) atoms. The highest BCUT2D eigenvalue weighted by Crippen LogP contribution is 2.21.